The summed E-state index contributed by atoms with van der Waals surface area (Å²) in [5.41, 5.74) is 1.96. The van der Waals surface area contributed by atoms with Crippen molar-refractivity contribution < 1.29 is 0 Å². The molecule has 0 radical (unpaired) electrons. The van der Waals surface area contributed by atoms with Gasteiger partial charge < -0.3 is 0 Å². The molecule has 0 unspecified atom stereocenters. The summed E-state index contributed by atoms with van der Waals surface area (Å²) in [6, 6.07) is 0. The van der Waals surface area contributed by atoms with Crippen LogP contribution in [0.25, 0.3) is 10.2 Å². The van der Waals surface area contributed by atoms with Crippen LogP contribution in [0.3, 0.4) is 0 Å². The van der Waals surface area contributed by atoms with Crippen LogP contribution in [0, 0.1) is 6.92 Å². The Morgan fingerprint density at radius 3 is 2.36 bits per heavy atom. The molecule has 0 atom stereocenters. The minimum absolute atomic E-state index is 0.972. The van der Waals surface area contributed by atoms with Gasteiger partial charge in [-0.15, -0.1) is 0 Å². The van der Waals surface area contributed by atoms with Crippen molar-refractivity contribution in [3.63, 3.8) is 0 Å². The second kappa shape index (κ2) is 7.38. The van der Waals surface area contributed by atoms with E-state index in [0.29, 0.717) is 0 Å². The summed E-state index contributed by atoms with van der Waals surface area (Å²) in [4.78, 5) is 7.96. The number of aromatic nitrogens is 3. The van der Waals surface area contributed by atoms with Crippen LogP contribution < -0.4 is 0 Å². The molecule has 2 rings (SSSR count). The van der Waals surface area contributed by atoms with Gasteiger partial charge in [0.25, 0.3) is 0 Å². The SMILES string of the molecule is CC.CC.Cc1nsc2cncnc12. The molecule has 2 aromatic heterocycles. The van der Waals surface area contributed by atoms with Crippen LogP contribution in [0.5, 0.6) is 0 Å². The topological polar surface area (TPSA) is 38.7 Å². The molecule has 0 fully saturated rings. The predicted octanol–water partition coefficient (Wildman–Crippen LogP) is 3.45. The van der Waals surface area contributed by atoms with E-state index in [9.17, 15) is 0 Å². The second-order valence-corrected chi connectivity index (χ2v) is 2.81. The molecule has 3 nitrogen and oxygen atoms in total. The number of nitrogens with zero attached hydrogens (tertiary/aromatic N) is 3. The Morgan fingerprint density at radius 2 is 1.79 bits per heavy atom. The molecule has 0 saturated carbocycles. The highest BCUT2D eigenvalue weighted by atomic mass is 32.1. The Hall–Kier alpha value is -1.03. The lowest BCUT2D eigenvalue weighted by molar-refractivity contribution is 1.21. The van der Waals surface area contributed by atoms with Crippen molar-refractivity contribution in [2.45, 2.75) is 34.6 Å². The van der Waals surface area contributed by atoms with E-state index >= 15 is 0 Å². The Labute approximate surface area is 89.4 Å². The van der Waals surface area contributed by atoms with Gasteiger partial charge in [0.05, 0.1) is 10.4 Å². The zero-order valence-corrected chi connectivity index (χ0v) is 10.2. The highest BCUT2D eigenvalue weighted by Gasteiger charge is 1.99. The third-order valence-electron chi connectivity index (χ3n) is 1.30. The average Bonchev–Trinajstić information content (AvgIpc) is 2.67. The van der Waals surface area contributed by atoms with E-state index in [-0.39, 0.29) is 0 Å². The van der Waals surface area contributed by atoms with Gasteiger partial charge in [-0.3, -0.25) is 0 Å². The third kappa shape index (κ3) is 3.03. The van der Waals surface area contributed by atoms with Crippen LogP contribution in [0.15, 0.2) is 12.5 Å². The van der Waals surface area contributed by atoms with Crippen LogP contribution in [0.4, 0.5) is 0 Å². The minimum atomic E-state index is 0.972. The Balaban J connectivity index is 0.000000379. The first-order chi connectivity index (χ1) is 6.88. The molecular weight excluding hydrogens is 194 g/mol. The van der Waals surface area contributed by atoms with Gasteiger partial charge in [0.15, 0.2) is 0 Å². The smallest absolute Gasteiger partial charge is 0.116 e. The molecule has 2 aromatic rings. The van der Waals surface area contributed by atoms with Crippen LogP contribution in [0.2, 0.25) is 0 Å². The minimum Gasteiger partial charge on any atom is -0.243 e. The summed E-state index contributed by atoms with van der Waals surface area (Å²) in [6.45, 7) is 9.95. The Kier molecular flexibility index (Phi) is 6.84. The first kappa shape index (κ1) is 13.0. The molecule has 0 amide bonds. The summed E-state index contributed by atoms with van der Waals surface area (Å²) >= 11 is 1.44. The normalized spacial score (nSPS) is 8.36. The maximum atomic E-state index is 4.13. The summed E-state index contributed by atoms with van der Waals surface area (Å²) in [7, 11) is 0. The van der Waals surface area contributed by atoms with Gasteiger partial charge in [-0.2, -0.15) is 4.37 Å². The number of rotatable bonds is 0. The zero-order chi connectivity index (χ0) is 11.0. The molecule has 14 heavy (non-hydrogen) atoms. The van der Waals surface area contributed by atoms with Gasteiger partial charge in [-0.1, -0.05) is 27.7 Å². The number of aryl methyl sites for hydroxylation is 1. The molecule has 2 heterocycles. The lowest BCUT2D eigenvalue weighted by Crippen LogP contribution is -1.76. The maximum Gasteiger partial charge on any atom is 0.116 e. The zero-order valence-electron chi connectivity index (χ0n) is 9.40. The average molecular weight is 211 g/mol. The standard InChI is InChI=1S/C6H5N3S.2C2H6/c1-4-6-5(10-9-4)2-7-3-8-6;2*1-2/h2-3H,1H3;2*1-2H3. The molecule has 0 aliphatic heterocycles. The van der Waals surface area contributed by atoms with Crippen LogP contribution in [0.1, 0.15) is 33.4 Å². The summed E-state index contributed by atoms with van der Waals surface area (Å²) in [6.07, 6.45) is 3.33. The van der Waals surface area contributed by atoms with Gasteiger partial charge >= 0.3 is 0 Å². The van der Waals surface area contributed by atoms with E-state index in [0.717, 1.165) is 15.9 Å². The van der Waals surface area contributed by atoms with Gasteiger partial charge in [0.1, 0.15) is 11.8 Å². The summed E-state index contributed by atoms with van der Waals surface area (Å²) in [5.74, 6) is 0. The highest BCUT2D eigenvalue weighted by molar-refractivity contribution is 7.13. The van der Waals surface area contributed by atoms with Crippen LogP contribution in [-0.2, 0) is 0 Å². The number of hydrogen-bond acceptors (Lipinski definition) is 4. The molecule has 0 saturated heterocycles. The van der Waals surface area contributed by atoms with E-state index in [1.807, 2.05) is 34.6 Å². The molecule has 0 spiro atoms. The molecular formula is C10H17N3S. The molecule has 0 aromatic carbocycles. The Morgan fingerprint density at radius 1 is 1.14 bits per heavy atom. The van der Waals surface area contributed by atoms with E-state index in [1.54, 1.807) is 12.5 Å². The van der Waals surface area contributed by atoms with Crippen molar-refractivity contribution in [1.29, 1.82) is 0 Å². The lowest BCUT2D eigenvalue weighted by Gasteiger charge is -1.83. The van der Waals surface area contributed by atoms with E-state index < -0.39 is 0 Å². The van der Waals surface area contributed by atoms with Crippen molar-refractivity contribution >= 4 is 21.7 Å². The molecule has 78 valence electrons. The van der Waals surface area contributed by atoms with Gasteiger partial charge in [-0.05, 0) is 18.5 Å². The fourth-order valence-corrected chi connectivity index (χ4v) is 1.53. The van der Waals surface area contributed by atoms with Crippen molar-refractivity contribution in [2.75, 3.05) is 0 Å². The fraction of sp³-hybridized carbons (Fsp3) is 0.500. The molecule has 0 aliphatic rings. The van der Waals surface area contributed by atoms with E-state index in [4.69, 9.17) is 0 Å². The summed E-state index contributed by atoms with van der Waals surface area (Å²) < 4.78 is 5.19. The second-order valence-electron chi connectivity index (χ2n) is 2.00. The number of fused-ring (bicyclic) bond motifs is 1. The van der Waals surface area contributed by atoms with Gasteiger partial charge in [0.2, 0.25) is 0 Å². The van der Waals surface area contributed by atoms with Crippen molar-refractivity contribution in [3.8, 4) is 0 Å². The van der Waals surface area contributed by atoms with Crippen LogP contribution >= 0.6 is 11.5 Å². The predicted molar refractivity (Wildman–Crippen MR) is 62.6 cm³/mol. The largest absolute Gasteiger partial charge is 0.243 e. The van der Waals surface area contributed by atoms with Crippen molar-refractivity contribution in [3.05, 3.63) is 18.2 Å². The molecule has 4 heteroatoms. The van der Waals surface area contributed by atoms with Crippen LogP contribution in [-0.4, -0.2) is 14.3 Å². The summed E-state index contributed by atoms with van der Waals surface area (Å²) in [5, 5.41) is 0. The Bertz CT molecular complexity index is 357. The van der Waals surface area contributed by atoms with Gasteiger partial charge in [-0.25, -0.2) is 9.97 Å². The maximum absolute atomic E-state index is 4.13. The molecule has 0 bridgehead atoms. The lowest BCUT2D eigenvalue weighted by atomic mass is 10.4. The first-order valence-corrected chi connectivity index (χ1v) is 5.67. The van der Waals surface area contributed by atoms with Crippen molar-refractivity contribution in [1.82, 2.24) is 14.3 Å². The highest BCUT2D eigenvalue weighted by Crippen LogP contribution is 2.16. The fourth-order valence-electron chi connectivity index (χ4n) is 0.816. The molecule has 0 aliphatic carbocycles. The third-order valence-corrected chi connectivity index (χ3v) is 2.16. The first-order valence-electron chi connectivity index (χ1n) is 4.90. The molecule has 0 N–H and O–H groups in total. The van der Waals surface area contributed by atoms with E-state index in [1.165, 1.54) is 11.5 Å². The van der Waals surface area contributed by atoms with Crippen molar-refractivity contribution in [2.24, 2.45) is 0 Å². The number of hydrogen-bond donors (Lipinski definition) is 0. The van der Waals surface area contributed by atoms with E-state index in [2.05, 4.69) is 14.3 Å². The quantitative estimate of drug-likeness (QED) is 0.670. The van der Waals surface area contributed by atoms with Gasteiger partial charge in [0, 0.05) is 6.20 Å². The monoisotopic (exact) mass is 211 g/mol.